The van der Waals surface area contributed by atoms with Gasteiger partial charge in [-0.2, -0.15) is 0 Å². The molecular weight excluding hydrogens is 348 g/mol. The third-order valence-corrected chi connectivity index (χ3v) is 4.39. The van der Waals surface area contributed by atoms with Gasteiger partial charge < -0.3 is 15.2 Å². The topological polar surface area (TPSA) is 53.8 Å². The maximum atomic E-state index is 9.38. The third-order valence-electron chi connectivity index (χ3n) is 4.16. The molecule has 0 saturated carbocycles. The number of hydrogen-bond acceptors (Lipinski definition) is 4. The van der Waals surface area contributed by atoms with Crippen LogP contribution in [0.25, 0.3) is 0 Å². The first kappa shape index (κ1) is 16.5. The lowest BCUT2D eigenvalue weighted by Gasteiger charge is -2.12. The Hall–Kier alpha value is -2.98. The fraction of sp³-hybridized carbons (Fsp3) is 0.0952. The lowest BCUT2D eigenvalue weighted by Crippen LogP contribution is -2.26. The van der Waals surface area contributed by atoms with Crippen LogP contribution in [0.4, 0.5) is 5.69 Å². The lowest BCUT2D eigenvalue weighted by molar-refractivity contribution is 0.475. The van der Waals surface area contributed by atoms with Gasteiger partial charge in [-0.1, -0.05) is 35.9 Å². The summed E-state index contributed by atoms with van der Waals surface area (Å²) in [4.78, 5) is 4.75. The first-order valence-corrected chi connectivity index (χ1v) is 8.74. The Labute approximate surface area is 156 Å². The molecule has 0 unspecified atom stereocenters. The van der Waals surface area contributed by atoms with Crippen molar-refractivity contribution < 1.29 is 9.84 Å². The third kappa shape index (κ3) is 3.51. The van der Waals surface area contributed by atoms with Crippen molar-refractivity contribution in [1.29, 1.82) is 0 Å². The molecule has 0 bridgehead atoms. The van der Waals surface area contributed by atoms with E-state index in [9.17, 15) is 5.11 Å². The molecule has 0 amide bonds. The van der Waals surface area contributed by atoms with E-state index < -0.39 is 0 Å². The molecule has 26 heavy (non-hydrogen) atoms. The number of aliphatic imine (C=N–C) groups is 1. The molecule has 130 valence electrons. The Balaban J connectivity index is 1.61. The van der Waals surface area contributed by atoms with E-state index in [0.717, 1.165) is 34.8 Å². The predicted molar refractivity (Wildman–Crippen MR) is 104 cm³/mol. The highest BCUT2D eigenvalue weighted by molar-refractivity contribution is 6.31. The second-order valence-corrected chi connectivity index (χ2v) is 6.45. The molecule has 4 rings (SSSR count). The zero-order chi connectivity index (χ0) is 17.9. The van der Waals surface area contributed by atoms with E-state index in [2.05, 4.69) is 5.32 Å². The van der Waals surface area contributed by atoms with Crippen LogP contribution in [0.1, 0.15) is 11.1 Å². The first-order chi connectivity index (χ1) is 12.7. The number of benzene rings is 3. The van der Waals surface area contributed by atoms with Crippen molar-refractivity contribution in [3.63, 3.8) is 0 Å². The number of aromatic hydroxyl groups is 1. The SMILES string of the molecule is Oc1ccc(CCNC2=Nc3ccccc3Oc3ccc(Cl)cc32)cc1. The van der Waals surface area contributed by atoms with Gasteiger partial charge in [0.25, 0.3) is 0 Å². The molecular formula is C21H17ClN2O2. The van der Waals surface area contributed by atoms with Gasteiger partial charge in [0.2, 0.25) is 0 Å². The molecule has 3 aromatic rings. The van der Waals surface area contributed by atoms with Crippen molar-refractivity contribution >= 4 is 23.1 Å². The molecule has 1 aliphatic rings. The smallest absolute Gasteiger partial charge is 0.153 e. The average molecular weight is 365 g/mol. The van der Waals surface area contributed by atoms with Crippen LogP contribution in [-0.2, 0) is 6.42 Å². The number of phenolic OH excluding ortho intramolecular Hbond substituents is 1. The van der Waals surface area contributed by atoms with Crippen LogP contribution >= 0.6 is 11.6 Å². The van der Waals surface area contributed by atoms with Crippen LogP contribution in [0.15, 0.2) is 71.7 Å². The Kier molecular flexibility index (Phi) is 4.50. The van der Waals surface area contributed by atoms with E-state index in [1.54, 1.807) is 12.1 Å². The van der Waals surface area contributed by atoms with Gasteiger partial charge in [-0.25, -0.2) is 4.99 Å². The van der Waals surface area contributed by atoms with Crippen molar-refractivity contribution in [1.82, 2.24) is 5.32 Å². The maximum absolute atomic E-state index is 9.38. The molecule has 1 heterocycles. The van der Waals surface area contributed by atoms with Crippen LogP contribution < -0.4 is 10.1 Å². The number of ether oxygens (including phenoxy) is 1. The van der Waals surface area contributed by atoms with E-state index in [1.165, 1.54) is 0 Å². The highest BCUT2D eigenvalue weighted by Crippen LogP contribution is 2.37. The summed E-state index contributed by atoms with van der Waals surface area (Å²) in [6.07, 6.45) is 0.803. The molecule has 0 aromatic heterocycles. The normalized spacial score (nSPS) is 12.3. The van der Waals surface area contributed by atoms with Gasteiger partial charge in [-0.3, -0.25) is 0 Å². The van der Waals surface area contributed by atoms with E-state index in [1.807, 2.05) is 54.6 Å². The van der Waals surface area contributed by atoms with Crippen molar-refractivity contribution in [3.8, 4) is 17.2 Å². The highest BCUT2D eigenvalue weighted by Gasteiger charge is 2.18. The van der Waals surface area contributed by atoms with Crippen molar-refractivity contribution in [2.75, 3.05) is 6.54 Å². The summed E-state index contributed by atoms with van der Waals surface area (Å²) < 4.78 is 6.02. The van der Waals surface area contributed by atoms with E-state index in [4.69, 9.17) is 21.3 Å². The second-order valence-electron chi connectivity index (χ2n) is 6.01. The minimum Gasteiger partial charge on any atom is -0.508 e. The molecule has 5 heteroatoms. The predicted octanol–water partition coefficient (Wildman–Crippen LogP) is 5.06. The number of halogens is 1. The number of rotatable bonds is 3. The zero-order valence-electron chi connectivity index (χ0n) is 13.9. The van der Waals surface area contributed by atoms with Crippen LogP contribution in [0, 0.1) is 0 Å². The van der Waals surface area contributed by atoms with Crippen LogP contribution in [0.5, 0.6) is 17.2 Å². The number of para-hydroxylation sites is 2. The summed E-state index contributed by atoms with van der Waals surface area (Å²) in [7, 11) is 0. The minimum absolute atomic E-state index is 0.271. The monoisotopic (exact) mass is 364 g/mol. The molecule has 0 aliphatic carbocycles. The van der Waals surface area contributed by atoms with Crippen LogP contribution in [-0.4, -0.2) is 17.5 Å². The maximum Gasteiger partial charge on any atom is 0.153 e. The fourth-order valence-electron chi connectivity index (χ4n) is 2.83. The number of fused-ring (bicyclic) bond motifs is 2. The van der Waals surface area contributed by atoms with Gasteiger partial charge in [0, 0.05) is 11.6 Å². The Bertz CT molecular complexity index is 968. The zero-order valence-corrected chi connectivity index (χ0v) is 14.7. The van der Waals surface area contributed by atoms with E-state index in [-0.39, 0.29) is 5.75 Å². The Morgan fingerprint density at radius 2 is 1.77 bits per heavy atom. The van der Waals surface area contributed by atoms with Gasteiger partial charge in [0.05, 0.1) is 5.56 Å². The van der Waals surface area contributed by atoms with Crippen LogP contribution in [0.3, 0.4) is 0 Å². The average Bonchev–Trinajstić information content (AvgIpc) is 2.80. The molecule has 0 fully saturated rings. The lowest BCUT2D eigenvalue weighted by atomic mass is 10.1. The standard InChI is InChI=1S/C21H17ClN2O2/c22-15-7-10-19-17(13-15)21(24-18-3-1-2-4-20(18)26-19)23-12-11-14-5-8-16(25)9-6-14/h1-10,13,25H,11-12H2,(H,23,24). The van der Waals surface area contributed by atoms with Gasteiger partial charge >= 0.3 is 0 Å². The number of phenols is 1. The Morgan fingerprint density at radius 3 is 2.62 bits per heavy atom. The quantitative estimate of drug-likeness (QED) is 0.682. The van der Waals surface area contributed by atoms with Gasteiger partial charge in [-0.15, -0.1) is 0 Å². The number of nitrogens with zero attached hydrogens (tertiary/aromatic N) is 1. The van der Waals surface area contributed by atoms with Crippen molar-refractivity contribution in [3.05, 3.63) is 82.9 Å². The van der Waals surface area contributed by atoms with Crippen molar-refractivity contribution in [2.45, 2.75) is 6.42 Å². The molecule has 4 nitrogen and oxygen atoms in total. The van der Waals surface area contributed by atoms with Crippen molar-refractivity contribution in [2.24, 2.45) is 4.99 Å². The molecule has 0 radical (unpaired) electrons. The Morgan fingerprint density at radius 1 is 0.962 bits per heavy atom. The summed E-state index contributed by atoms with van der Waals surface area (Å²) in [5, 5.41) is 13.4. The van der Waals surface area contributed by atoms with Gasteiger partial charge in [-0.05, 0) is 54.4 Å². The van der Waals surface area contributed by atoms with Gasteiger partial charge in [0.1, 0.15) is 23.0 Å². The van der Waals surface area contributed by atoms with Gasteiger partial charge in [0.15, 0.2) is 5.75 Å². The summed E-state index contributed by atoms with van der Waals surface area (Å²) in [5.41, 5.74) is 2.74. The number of nitrogens with one attached hydrogen (secondary N) is 1. The number of hydrogen-bond donors (Lipinski definition) is 2. The molecule has 0 saturated heterocycles. The molecule has 1 aliphatic heterocycles. The molecule has 0 spiro atoms. The summed E-state index contributed by atoms with van der Waals surface area (Å²) in [5.74, 6) is 2.43. The summed E-state index contributed by atoms with van der Waals surface area (Å²) in [6, 6.07) is 20.4. The number of amidine groups is 1. The van der Waals surface area contributed by atoms with E-state index in [0.29, 0.717) is 17.3 Å². The molecule has 2 N–H and O–H groups in total. The molecule has 3 aromatic carbocycles. The van der Waals surface area contributed by atoms with E-state index >= 15 is 0 Å². The second kappa shape index (κ2) is 7.10. The minimum atomic E-state index is 0.271. The highest BCUT2D eigenvalue weighted by atomic mass is 35.5. The summed E-state index contributed by atoms with van der Waals surface area (Å²) >= 11 is 6.19. The summed E-state index contributed by atoms with van der Waals surface area (Å²) in [6.45, 7) is 0.692. The fourth-order valence-corrected chi connectivity index (χ4v) is 3.01. The largest absolute Gasteiger partial charge is 0.508 e. The first-order valence-electron chi connectivity index (χ1n) is 8.36. The van der Waals surface area contributed by atoms with Crippen LogP contribution in [0.2, 0.25) is 5.02 Å². The molecule has 0 atom stereocenters.